The van der Waals surface area contributed by atoms with Crippen molar-refractivity contribution in [3.8, 4) is 22.3 Å². The van der Waals surface area contributed by atoms with E-state index < -0.39 is 0 Å². The molecule has 14 aromatic carbocycles. The summed E-state index contributed by atoms with van der Waals surface area (Å²) in [6, 6.07) is 103. The van der Waals surface area contributed by atoms with Crippen LogP contribution < -0.4 is 9.80 Å². The van der Waals surface area contributed by atoms with Crippen molar-refractivity contribution in [3.05, 3.63) is 279 Å². The molecular weight excluding hydrogens is 869 g/mol. The van der Waals surface area contributed by atoms with E-state index in [0.29, 0.717) is 0 Å². The Morgan fingerprint density at radius 2 is 0.569 bits per heavy atom. The lowest BCUT2D eigenvalue weighted by Crippen LogP contribution is -2.11. The zero-order valence-corrected chi connectivity index (χ0v) is 39.5. The minimum Gasteiger partial charge on any atom is -0.310 e. The van der Waals surface area contributed by atoms with Crippen LogP contribution in [0.15, 0.2) is 279 Å². The molecule has 0 aromatic heterocycles. The van der Waals surface area contributed by atoms with Crippen LogP contribution in [0.5, 0.6) is 0 Å². The SMILES string of the molecule is c1ccc(-c2c3cc(N(c4ccc5ccccc5c4)c4cccc5ccccc45)ccc3c(-c3cccc4ccccc34)c3cc(N(c4ccc5ccccc5c4)c4cccc5ccccc45)ccc23)cc1. The highest BCUT2D eigenvalue weighted by molar-refractivity contribution is 6.25. The second-order valence-corrected chi connectivity index (χ2v) is 18.8. The molecule has 0 amide bonds. The normalized spacial score (nSPS) is 11.6. The van der Waals surface area contributed by atoms with Gasteiger partial charge in [-0.3, -0.25) is 0 Å². The van der Waals surface area contributed by atoms with Crippen molar-refractivity contribution in [1.82, 2.24) is 0 Å². The Labute approximate surface area is 418 Å². The quantitative estimate of drug-likeness (QED) is 0.140. The van der Waals surface area contributed by atoms with E-state index in [4.69, 9.17) is 0 Å². The average molecular weight is 915 g/mol. The van der Waals surface area contributed by atoms with Crippen molar-refractivity contribution in [1.29, 1.82) is 0 Å². The molecule has 0 atom stereocenters. The van der Waals surface area contributed by atoms with Crippen LogP contribution in [-0.4, -0.2) is 0 Å². The monoisotopic (exact) mass is 914 g/mol. The third-order valence-electron chi connectivity index (χ3n) is 14.7. The summed E-state index contributed by atoms with van der Waals surface area (Å²) in [5, 5.41) is 16.8. The lowest BCUT2D eigenvalue weighted by molar-refractivity contribution is 1.31. The minimum atomic E-state index is 1.09. The standard InChI is InChI=1S/C70H46N2/c1-2-22-52(23-3-1)69-63-41-39-58(72(56-38-36-48-18-5-7-25-54(48)44-56)68-34-16-28-51-21-10-13-31-61(51)68)46-66(63)70(62-32-14-26-49-19-8-11-29-59(49)62)64-42-40-57(45-65(64)69)71(55-37-35-47-17-4-6-24-53(47)43-55)67-33-15-27-50-20-9-12-30-60(50)67/h1-46H. The minimum absolute atomic E-state index is 1.09. The van der Waals surface area contributed by atoms with Crippen molar-refractivity contribution >= 4 is 110 Å². The summed E-state index contributed by atoms with van der Waals surface area (Å²) in [6.07, 6.45) is 0. The first-order valence-corrected chi connectivity index (χ1v) is 24.8. The molecule has 14 rings (SSSR count). The summed E-state index contributed by atoms with van der Waals surface area (Å²) in [5.74, 6) is 0. The van der Waals surface area contributed by atoms with E-state index in [9.17, 15) is 0 Å². The van der Waals surface area contributed by atoms with E-state index in [1.807, 2.05) is 0 Å². The third-order valence-corrected chi connectivity index (χ3v) is 14.7. The van der Waals surface area contributed by atoms with E-state index in [1.165, 1.54) is 97.7 Å². The Balaban J connectivity index is 1.10. The molecule has 336 valence electrons. The van der Waals surface area contributed by atoms with Gasteiger partial charge in [-0.1, -0.05) is 218 Å². The molecule has 0 N–H and O–H groups in total. The van der Waals surface area contributed by atoms with Gasteiger partial charge in [0.05, 0.1) is 11.4 Å². The number of fused-ring (bicyclic) bond motifs is 7. The second-order valence-electron chi connectivity index (χ2n) is 18.8. The molecule has 0 saturated heterocycles. The fraction of sp³-hybridized carbons (Fsp3) is 0. The van der Waals surface area contributed by atoms with Gasteiger partial charge in [-0.2, -0.15) is 0 Å². The maximum atomic E-state index is 2.46. The zero-order valence-electron chi connectivity index (χ0n) is 39.5. The van der Waals surface area contributed by atoms with Crippen LogP contribution in [0, 0.1) is 0 Å². The van der Waals surface area contributed by atoms with E-state index in [0.717, 1.165) is 34.1 Å². The van der Waals surface area contributed by atoms with Gasteiger partial charge in [0.25, 0.3) is 0 Å². The fourth-order valence-electron chi connectivity index (χ4n) is 11.4. The lowest BCUT2D eigenvalue weighted by Gasteiger charge is -2.29. The summed E-state index contributed by atoms with van der Waals surface area (Å²) in [4.78, 5) is 4.92. The fourth-order valence-corrected chi connectivity index (χ4v) is 11.4. The average Bonchev–Trinajstić information content (AvgIpc) is 3.45. The highest BCUT2D eigenvalue weighted by Crippen LogP contribution is 2.50. The Morgan fingerprint density at radius 1 is 0.194 bits per heavy atom. The van der Waals surface area contributed by atoms with Crippen molar-refractivity contribution in [3.63, 3.8) is 0 Å². The van der Waals surface area contributed by atoms with Crippen LogP contribution in [0.25, 0.3) is 97.7 Å². The summed E-state index contributed by atoms with van der Waals surface area (Å²) >= 11 is 0. The van der Waals surface area contributed by atoms with Gasteiger partial charge in [0.15, 0.2) is 0 Å². The van der Waals surface area contributed by atoms with Crippen LogP contribution in [0.2, 0.25) is 0 Å². The van der Waals surface area contributed by atoms with Crippen molar-refractivity contribution in [2.24, 2.45) is 0 Å². The predicted octanol–water partition coefficient (Wildman–Crippen LogP) is 20.0. The summed E-state index contributed by atoms with van der Waals surface area (Å²) in [5.41, 5.74) is 11.4. The molecule has 0 aliphatic rings. The van der Waals surface area contributed by atoms with Gasteiger partial charge in [-0.15, -0.1) is 0 Å². The van der Waals surface area contributed by atoms with Crippen LogP contribution >= 0.6 is 0 Å². The first kappa shape index (κ1) is 41.5. The number of hydrogen-bond acceptors (Lipinski definition) is 2. The van der Waals surface area contributed by atoms with Crippen LogP contribution in [0.4, 0.5) is 34.1 Å². The molecule has 0 bridgehead atoms. The summed E-state index contributed by atoms with van der Waals surface area (Å²) in [7, 11) is 0. The Hall–Kier alpha value is -9.50. The van der Waals surface area contributed by atoms with Crippen molar-refractivity contribution in [2.45, 2.75) is 0 Å². The van der Waals surface area contributed by atoms with Crippen molar-refractivity contribution in [2.75, 3.05) is 9.80 Å². The van der Waals surface area contributed by atoms with Gasteiger partial charge >= 0.3 is 0 Å². The molecule has 0 spiro atoms. The van der Waals surface area contributed by atoms with E-state index in [1.54, 1.807) is 0 Å². The Bertz CT molecular complexity index is 4400. The smallest absolute Gasteiger partial charge is 0.0540 e. The molecule has 0 radical (unpaired) electrons. The van der Waals surface area contributed by atoms with Crippen LogP contribution in [0.1, 0.15) is 0 Å². The molecule has 14 aromatic rings. The maximum Gasteiger partial charge on any atom is 0.0540 e. The number of rotatable bonds is 8. The third kappa shape index (κ3) is 6.95. The largest absolute Gasteiger partial charge is 0.310 e. The lowest BCUT2D eigenvalue weighted by atomic mass is 9.84. The Morgan fingerprint density at radius 3 is 1.11 bits per heavy atom. The van der Waals surface area contributed by atoms with Gasteiger partial charge in [0.1, 0.15) is 0 Å². The maximum absolute atomic E-state index is 2.46. The van der Waals surface area contributed by atoms with Gasteiger partial charge < -0.3 is 9.80 Å². The second kappa shape index (κ2) is 17.2. The molecule has 0 aliphatic carbocycles. The summed E-state index contributed by atoms with van der Waals surface area (Å²) < 4.78 is 0. The van der Waals surface area contributed by atoms with Gasteiger partial charge in [-0.05, 0) is 148 Å². The first-order valence-electron chi connectivity index (χ1n) is 24.8. The topological polar surface area (TPSA) is 6.48 Å². The molecule has 2 nitrogen and oxygen atoms in total. The zero-order chi connectivity index (χ0) is 47.5. The van der Waals surface area contributed by atoms with Crippen LogP contribution in [0.3, 0.4) is 0 Å². The summed E-state index contributed by atoms with van der Waals surface area (Å²) in [6.45, 7) is 0. The molecule has 72 heavy (non-hydrogen) atoms. The highest BCUT2D eigenvalue weighted by Gasteiger charge is 2.24. The molecule has 0 aliphatic heterocycles. The van der Waals surface area contributed by atoms with E-state index in [-0.39, 0.29) is 0 Å². The first-order chi connectivity index (χ1) is 35.7. The van der Waals surface area contributed by atoms with Gasteiger partial charge in [0, 0.05) is 33.5 Å². The van der Waals surface area contributed by atoms with E-state index in [2.05, 4.69) is 289 Å². The molecule has 0 heterocycles. The van der Waals surface area contributed by atoms with Gasteiger partial charge in [-0.25, -0.2) is 0 Å². The molecule has 2 heteroatoms. The molecule has 0 unspecified atom stereocenters. The molecule has 0 fully saturated rings. The number of anilines is 6. The molecule has 0 saturated carbocycles. The van der Waals surface area contributed by atoms with Crippen LogP contribution in [-0.2, 0) is 0 Å². The highest BCUT2D eigenvalue weighted by atomic mass is 15.1. The van der Waals surface area contributed by atoms with Crippen molar-refractivity contribution < 1.29 is 0 Å². The Kier molecular flexibility index (Phi) is 9.89. The molecular formula is C70H46N2. The predicted molar refractivity (Wildman–Crippen MR) is 309 cm³/mol. The number of hydrogen-bond donors (Lipinski definition) is 0. The number of nitrogens with zero attached hydrogens (tertiary/aromatic N) is 2. The number of benzene rings is 14. The van der Waals surface area contributed by atoms with E-state index >= 15 is 0 Å². The van der Waals surface area contributed by atoms with Gasteiger partial charge in [0.2, 0.25) is 0 Å².